The molecule has 1 aromatic heterocycles. The number of rotatable bonds is 3. The Kier molecular flexibility index (Phi) is 2.62. The Morgan fingerprint density at radius 1 is 1.73 bits per heavy atom. The minimum Gasteiger partial charge on any atom is -0.294 e. The van der Waals surface area contributed by atoms with Crippen LogP contribution in [-0.2, 0) is 11.3 Å². The first-order chi connectivity index (χ1) is 5.33. The highest BCUT2D eigenvalue weighted by molar-refractivity contribution is 5.74. The molecule has 11 heavy (non-hydrogen) atoms. The topological polar surface area (TPSA) is 72.9 Å². The zero-order chi connectivity index (χ0) is 8.10. The molecule has 5 heteroatoms. The van der Waals surface area contributed by atoms with Crippen molar-refractivity contribution in [3.05, 3.63) is 18.5 Å². The standard InChI is InChI=1S/C6H10N4O/c7-9-6(11)2-5-10-4-1-3-8-10/h1,3-4H,2,5,7H2,(H,9,11). The Hall–Kier alpha value is -1.36. The molecule has 0 bridgehead atoms. The number of carbonyl (C=O) groups excluding carboxylic acids is 1. The summed E-state index contributed by atoms with van der Waals surface area (Å²) < 4.78 is 1.68. The van der Waals surface area contributed by atoms with Gasteiger partial charge in [0.15, 0.2) is 0 Å². The maximum atomic E-state index is 10.6. The molecule has 1 rings (SSSR count). The molecule has 1 amide bonds. The van der Waals surface area contributed by atoms with Gasteiger partial charge in [0, 0.05) is 25.4 Å². The Balaban J connectivity index is 2.29. The molecule has 0 atom stereocenters. The number of hydrogen-bond donors (Lipinski definition) is 2. The van der Waals surface area contributed by atoms with Crippen LogP contribution in [0.4, 0.5) is 0 Å². The van der Waals surface area contributed by atoms with E-state index in [0.717, 1.165) is 0 Å². The van der Waals surface area contributed by atoms with E-state index < -0.39 is 0 Å². The molecule has 5 nitrogen and oxygen atoms in total. The number of nitrogens with zero attached hydrogens (tertiary/aromatic N) is 2. The second-order valence-electron chi connectivity index (χ2n) is 2.09. The van der Waals surface area contributed by atoms with Gasteiger partial charge in [0.05, 0.1) is 0 Å². The fourth-order valence-corrected chi connectivity index (χ4v) is 0.721. The van der Waals surface area contributed by atoms with Gasteiger partial charge in [-0.25, -0.2) is 5.84 Å². The van der Waals surface area contributed by atoms with E-state index in [1.807, 2.05) is 5.43 Å². The Bertz CT molecular complexity index is 218. The number of hydrazine groups is 1. The number of aryl methyl sites for hydroxylation is 1. The van der Waals surface area contributed by atoms with Crippen LogP contribution in [0.15, 0.2) is 18.5 Å². The third kappa shape index (κ3) is 2.38. The summed E-state index contributed by atoms with van der Waals surface area (Å²) in [4.78, 5) is 10.6. The van der Waals surface area contributed by atoms with Crippen LogP contribution in [0.1, 0.15) is 6.42 Å². The van der Waals surface area contributed by atoms with Crippen molar-refractivity contribution >= 4 is 5.91 Å². The van der Waals surface area contributed by atoms with Crippen LogP contribution in [0.25, 0.3) is 0 Å². The molecule has 0 aliphatic heterocycles. The summed E-state index contributed by atoms with van der Waals surface area (Å²) in [6, 6.07) is 1.81. The zero-order valence-corrected chi connectivity index (χ0v) is 6.03. The summed E-state index contributed by atoms with van der Waals surface area (Å²) in [5.74, 6) is 4.70. The zero-order valence-electron chi connectivity index (χ0n) is 6.03. The van der Waals surface area contributed by atoms with Crippen molar-refractivity contribution in [3.63, 3.8) is 0 Å². The van der Waals surface area contributed by atoms with Crippen molar-refractivity contribution in [2.45, 2.75) is 13.0 Å². The van der Waals surface area contributed by atoms with Crippen molar-refractivity contribution in [1.82, 2.24) is 15.2 Å². The number of nitrogens with one attached hydrogen (secondary N) is 1. The molecular formula is C6H10N4O. The molecule has 60 valence electrons. The number of aromatic nitrogens is 2. The van der Waals surface area contributed by atoms with Crippen molar-refractivity contribution in [1.29, 1.82) is 0 Å². The Morgan fingerprint density at radius 2 is 2.55 bits per heavy atom. The van der Waals surface area contributed by atoms with Gasteiger partial charge < -0.3 is 0 Å². The molecule has 3 N–H and O–H groups in total. The molecule has 0 unspecified atom stereocenters. The van der Waals surface area contributed by atoms with E-state index in [-0.39, 0.29) is 5.91 Å². The summed E-state index contributed by atoms with van der Waals surface area (Å²) in [6.45, 7) is 0.566. The van der Waals surface area contributed by atoms with Crippen molar-refractivity contribution < 1.29 is 4.79 Å². The number of amides is 1. The number of carbonyl (C=O) groups is 1. The van der Waals surface area contributed by atoms with E-state index in [0.29, 0.717) is 13.0 Å². The third-order valence-electron chi connectivity index (χ3n) is 1.29. The summed E-state index contributed by atoms with van der Waals surface area (Å²) in [5.41, 5.74) is 2.05. The summed E-state index contributed by atoms with van der Waals surface area (Å²) in [5, 5.41) is 3.92. The summed E-state index contributed by atoms with van der Waals surface area (Å²) in [6.07, 6.45) is 3.82. The maximum absolute atomic E-state index is 10.6. The van der Waals surface area contributed by atoms with Crippen LogP contribution in [0, 0.1) is 0 Å². The average molecular weight is 154 g/mol. The van der Waals surface area contributed by atoms with E-state index in [1.54, 1.807) is 23.1 Å². The monoisotopic (exact) mass is 154 g/mol. The lowest BCUT2D eigenvalue weighted by Crippen LogP contribution is -2.30. The summed E-state index contributed by atoms with van der Waals surface area (Å²) >= 11 is 0. The highest BCUT2D eigenvalue weighted by Gasteiger charge is 1.97. The first-order valence-electron chi connectivity index (χ1n) is 3.30. The summed E-state index contributed by atoms with van der Waals surface area (Å²) in [7, 11) is 0. The Morgan fingerprint density at radius 3 is 3.09 bits per heavy atom. The second kappa shape index (κ2) is 3.72. The SMILES string of the molecule is NNC(=O)CCn1cccn1. The van der Waals surface area contributed by atoms with Crippen LogP contribution >= 0.6 is 0 Å². The molecule has 1 aromatic rings. The lowest BCUT2D eigenvalue weighted by atomic mass is 10.4. The molecular weight excluding hydrogens is 144 g/mol. The van der Waals surface area contributed by atoms with Crippen LogP contribution in [0.5, 0.6) is 0 Å². The van der Waals surface area contributed by atoms with Gasteiger partial charge in [0.25, 0.3) is 0 Å². The van der Waals surface area contributed by atoms with Gasteiger partial charge in [0.2, 0.25) is 5.91 Å². The van der Waals surface area contributed by atoms with Gasteiger partial charge in [-0.3, -0.25) is 14.9 Å². The second-order valence-corrected chi connectivity index (χ2v) is 2.09. The first kappa shape index (κ1) is 7.74. The molecule has 0 aliphatic carbocycles. The largest absolute Gasteiger partial charge is 0.294 e. The maximum Gasteiger partial charge on any atom is 0.235 e. The lowest BCUT2D eigenvalue weighted by molar-refractivity contribution is -0.121. The normalized spacial score (nSPS) is 9.55. The minimum atomic E-state index is -0.180. The predicted molar refractivity (Wildman–Crippen MR) is 39.2 cm³/mol. The van der Waals surface area contributed by atoms with Gasteiger partial charge in [-0.2, -0.15) is 5.10 Å². The fraction of sp³-hybridized carbons (Fsp3) is 0.333. The smallest absolute Gasteiger partial charge is 0.235 e. The first-order valence-corrected chi connectivity index (χ1v) is 3.30. The van der Waals surface area contributed by atoms with Gasteiger partial charge in [-0.05, 0) is 6.07 Å². The molecule has 0 aromatic carbocycles. The van der Waals surface area contributed by atoms with E-state index in [4.69, 9.17) is 5.84 Å². The molecule has 0 fully saturated rings. The van der Waals surface area contributed by atoms with Crippen LogP contribution in [0.2, 0.25) is 0 Å². The molecule has 0 aliphatic rings. The van der Waals surface area contributed by atoms with Crippen LogP contribution < -0.4 is 11.3 Å². The molecule has 0 saturated heterocycles. The molecule has 0 radical (unpaired) electrons. The van der Waals surface area contributed by atoms with Crippen LogP contribution in [-0.4, -0.2) is 15.7 Å². The third-order valence-corrected chi connectivity index (χ3v) is 1.29. The van der Waals surface area contributed by atoms with Gasteiger partial charge in [-0.15, -0.1) is 0 Å². The lowest BCUT2D eigenvalue weighted by Gasteiger charge is -1.98. The quantitative estimate of drug-likeness (QED) is 0.342. The Labute approximate surface area is 64.2 Å². The number of nitrogens with two attached hydrogens (primary N) is 1. The fourth-order valence-electron chi connectivity index (χ4n) is 0.721. The van der Waals surface area contributed by atoms with Crippen molar-refractivity contribution in [3.8, 4) is 0 Å². The van der Waals surface area contributed by atoms with Crippen molar-refractivity contribution in [2.24, 2.45) is 5.84 Å². The highest BCUT2D eigenvalue weighted by Crippen LogP contribution is 1.87. The van der Waals surface area contributed by atoms with Crippen LogP contribution in [0.3, 0.4) is 0 Å². The van der Waals surface area contributed by atoms with E-state index >= 15 is 0 Å². The average Bonchev–Trinajstić information content (AvgIpc) is 2.52. The van der Waals surface area contributed by atoms with E-state index in [9.17, 15) is 4.79 Å². The predicted octanol–water partition coefficient (Wildman–Crippen LogP) is -0.737. The number of hydrogen-bond acceptors (Lipinski definition) is 3. The van der Waals surface area contributed by atoms with E-state index in [2.05, 4.69) is 5.10 Å². The van der Waals surface area contributed by atoms with Gasteiger partial charge in [-0.1, -0.05) is 0 Å². The molecule has 1 heterocycles. The van der Waals surface area contributed by atoms with Crippen molar-refractivity contribution in [2.75, 3.05) is 0 Å². The minimum absolute atomic E-state index is 0.180. The van der Waals surface area contributed by atoms with E-state index in [1.165, 1.54) is 0 Å². The molecule has 0 saturated carbocycles. The van der Waals surface area contributed by atoms with Gasteiger partial charge >= 0.3 is 0 Å². The molecule has 0 spiro atoms. The van der Waals surface area contributed by atoms with Gasteiger partial charge in [0.1, 0.15) is 0 Å². The highest BCUT2D eigenvalue weighted by atomic mass is 16.2.